The highest BCUT2D eigenvalue weighted by Crippen LogP contribution is 2.35. The van der Waals surface area contributed by atoms with Gasteiger partial charge in [0.15, 0.2) is 0 Å². The summed E-state index contributed by atoms with van der Waals surface area (Å²) in [5.74, 6) is -1.52. The summed E-state index contributed by atoms with van der Waals surface area (Å²) in [6.45, 7) is 2.14. The Kier molecular flexibility index (Phi) is 4.48. The number of rotatable bonds is 4. The number of likely N-dealkylation sites (N-methyl/N-ethyl adjacent to an activating group) is 1. The molecule has 1 saturated heterocycles. The molecule has 0 aliphatic carbocycles. The van der Waals surface area contributed by atoms with Crippen LogP contribution in [0.25, 0.3) is 0 Å². The van der Waals surface area contributed by atoms with E-state index in [0.29, 0.717) is 22.3 Å². The molecule has 1 N–H and O–H groups in total. The van der Waals surface area contributed by atoms with Gasteiger partial charge < -0.3 is 14.7 Å². The van der Waals surface area contributed by atoms with Gasteiger partial charge in [-0.25, -0.2) is 0 Å². The highest BCUT2D eigenvalue weighted by molar-refractivity contribution is 9.10. The number of aliphatic carboxylic acids is 1. The molecule has 7 nitrogen and oxygen atoms in total. The van der Waals surface area contributed by atoms with Gasteiger partial charge in [-0.05, 0) is 28.9 Å². The summed E-state index contributed by atoms with van der Waals surface area (Å²) in [7, 11) is 1.76. The SMILES string of the molecule is Cc1cc(N(C)C2COCC2C(=O)O)c(Br)cc1[N+](=O)[O-]. The Morgan fingerprint density at radius 1 is 1.52 bits per heavy atom. The normalized spacial score (nSPS) is 21.3. The number of nitro benzene ring substituents is 1. The van der Waals surface area contributed by atoms with E-state index < -0.39 is 16.8 Å². The van der Waals surface area contributed by atoms with Crippen LogP contribution in [0.4, 0.5) is 11.4 Å². The lowest BCUT2D eigenvalue weighted by atomic mass is 10.0. The fraction of sp³-hybridized carbons (Fsp3) is 0.462. The van der Waals surface area contributed by atoms with E-state index >= 15 is 0 Å². The van der Waals surface area contributed by atoms with E-state index in [0.717, 1.165) is 0 Å². The molecule has 0 amide bonds. The first-order valence-corrected chi connectivity index (χ1v) is 7.10. The Morgan fingerprint density at radius 3 is 2.76 bits per heavy atom. The number of carboxylic acid groups (broad SMARTS) is 1. The van der Waals surface area contributed by atoms with E-state index in [4.69, 9.17) is 4.74 Å². The number of hydrogen-bond donors (Lipinski definition) is 1. The second-order valence-electron chi connectivity index (χ2n) is 5.01. The fourth-order valence-electron chi connectivity index (χ4n) is 2.46. The van der Waals surface area contributed by atoms with Gasteiger partial charge in [0.2, 0.25) is 0 Å². The monoisotopic (exact) mass is 358 g/mol. The van der Waals surface area contributed by atoms with Gasteiger partial charge in [0.25, 0.3) is 5.69 Å². The number of carbonyl (C=O) groups is 1. The topological polar surface area (TPSA) is 92.9 Å². The van der Waals surface area contributed by atoms with Gasteiger partial charge in [0, 0.05) is 23.2 Å². The van der Waals surface area contributed by atoms with E-state index in [1.54, 1.807) is 24.9 Å². The maximum atomic E-state index is 11.2. The summed E-state index contributed by atoms with van der Waals surface area (Å²) in [5, 5.41) is 20.1. The highest BCUT2D eigenvalue weighted by atomic mass is 79.9. The first-order chi connectivity index (χ1) is 9.82. The second kappa shape index (κ2) is 5.98. The molecule has 1 heterocycles. The zero-order valence-corrected chi connectivity index (χ0v) is 13.2. The molecule has 2 rings (SSSR count). The van der Waals surface area contributed by atoms with Crippen molar-refractivity contribution in [2.45, 2.75) is 13.0 Å². The molecule has 2 atom stereocenters. The summed E-state index contributed by atoms with van der Waals surface area (Å²) in [6.07, 6.45) is 0. The second-order valence-corrected chi connectivity index (χ2v) is 5.86. The Labute approximate surface area is 129 Å². The van der Waals surface area contributed by atoms with E-state index in [1.807, 2.05) is 0 Å². The number of benzene rings is 1. The number of carboxylic acids is 1. The van der Waals surface area contributed by atoms with Gasteiger partial charge in [-0.1, -0.05) is 0 Å². The number of anilines is 1. The summed E-state index contributed by atoms with van der Waals surface area (Å²) in [6, 6.07) is 2.81. The Morgan fingerprint density at radius 2 is 2.19 bits per heavy atom. The van der Waals surface area contributed by atoms with Crippen molar-refractivity contribution >= 4 is 33.3 Å². The van der Waals surface area contributed by atoms with Crippen molar-refractivity contribution in [1.29, 1.82) is 0 Å². The average Bonchev–Trinajstić information content (AvgIpc) is 2.89. The standard InChI is InChI=1S/C13H15BrN2O5/c1-7-3-11(9(14)4-10(7)16(19)20)15(2)12-6-21-5-8(12)13(17)18/h3-4,8,12H,5-6H2,1-2H3,(H,17,18). The van der Waals surface area contributed by atoms with Crippen LogP contribution in [-0.2, 0) is 9.53 Å². The smallest absolute Gasteiger partial charge is 0.311 e. The third-order valence-electron chi connectivity index (χ3n) is 3.71. The largest absolute Gasteiger partial charge is 0.481 e. The maximum Gasteiger partial charge on any atom is 0.311 e. The zero-order chi connectivity index (χ0) is 15.7. The van der Waals surface area contributed by atoms with Crippen molar-refractivity contribution in [3.8, 4) is 0 Å². The van der Waals surface area contributed by atoms with E-state index in [1.165, 1.54) is 6.07 Å². The van der Waals surface area contributed by atoms with Crippen molar-refractivity contribution in [2.24, 2.45) is 5.92 Å². The van der Waals surface area contributed by atoms with Crippen molar-refractivity contribution in [2.75, 3.05) is 25.2 Å². The number of ether oxygens (including phenoxy) is 1. The predicted molar refractivity (Wildman–Crippen MR) is 79.7 cm³/mol. The number of nitro groups is 1. The zero-order valence-electron chi connectivity index (χ0n) is 11.6. The molecular weight excluding hydrogens is 344 g/mol. The molecule has 1 fully saturated rings. The van der Waals surface area contributed by atoms with Gasteiger partial charge >= 0.3 is 5.97 Å². The average molecular weight is 359 g/mol. The van der Waals surface area contributed by atoms with Gasteiger partial charge in [0.05, 0.1) is 29.9 Å². The first-order valence-electron chi connectivity index (χ1n) is 6.31. The molecule has 114 valence electrons. The van der Waals surface area contributed by atoms with E-state index in [9.17, 15) is 20.0 Å². The number of aryl methyl sites for hydroxylation is 1. The minimum atomic E-state index is -0.904. The van der Waals surface area contributed by atoms with Gasteiger partial charge in [-0.15, -0.1) is 0 Å². The van der Waals surface area contributed by atoms with Crippen molar-refractivity contribution < 1.29 is 19.6 Å². The van der Waals surface area contributed by atoms with Crippen LogP contribution in [0.2, 0.25) is 0 Å². The van der Waals surface area contributed by atoms with Gasteiger partial charge in [0.1, 0.15) is 5.92 Å². The molecule has 1 aliphatic rings. The number of halogens is 1. The molecule has 1 aromatic rings. The molecule has 21 heavy (non-hydrogen) atoms. The number of nitrogens with zero attached hydrogens (tertiary/aromatic N) is 2. The third kappa shape index (κ3) is 3.01. The summed E-state index contributed by atoms with van der Waals surface area (Å²) in [4.78, 5) is 23.5. The lowest BCUT2D eigenvalue weighted by Crippen LogP contribution is -2.41. The fourth-order valence-corrected chi connectivity index (χ4v) is 3.07. The quantitative estimate of drug-likeness (QED) is 0.655. The first kappa shape index (κ1) is 15.7. The predicted octanol–water partition coefficient (Wildman–Crippen LogP) is 2.20. The summed E-state index contributed by atoms with van der Waals surface area (Å²) < 4.78 is 5.81. The van der Waals surface area contributed by atoms with Crippen LogP contribution in [-0.4, -0.2) is 42.3 Å². The van der Waals surface area contributed by atoms with Crippen LogP contribution < -0.4 is 4.90 Å². The van der Waals surface area contributed by atoms with Crippen LogP contribution >= 0.6 is 15.9 Å². The van der Waals surface area contributed by atoms with E-state index in [-0.39, 0.29) is 18.3 Å². The highest BCUT2D eigenvalue weighted by Gasteiger charge is 2.37. The van der Waals surface area contributed by atoms with Crippen LogP contribution in [0.5, 0.6) is 0 Å². The molecule has 0 saturated carbocycles. The maximum absolute atomic E-state index is 11.2. The Hall–Kier alpha value is -1.67. The molecule has 0 radical (unpaired) electrons. The number of hydrogen-bond acceptors (Lipinski definition) is 5. The Bertz CT molecular complexity index is 592. The molecule has 0 spiro atoms. The van der Waals surface area contributed by atoms with Crippen LogP contribution in [0.1, 0.15) is 5.56 Å². The molecule has 0 aromatic heterocycles. The summed E-state index contributed by atoms with van der Waals surface area (Å²) in [5.41, 5.74) is 1.26. The van der Waals surface area contributed by atoms with Crippen molar-refractivity contribution in [3.05, 3.63) is 32.3 Å². The van der Waals surface area contributed by atoms with E-state index in [2.05, 4.69) is 15.9 Å². The third-order valence-corrected chi connectivity index (χ3v) is 4.34. The lowest BCUT2D eigenvalue weighted by Gasteiger charge is -2.29. The van der Waals surface area contributed by atoms with Gasteiger partial charge in [-0.3, -0.25) is 14.9 Å². The minimum Gasteiger partial charge on any atom is -0.481 e. The summed E-state index contributed by atoms with van der Waals surface area (Å²) >= 11 is 3.32. The molecule has 2 unspecified atom stereocenters. The van der Waals surface area contributed by atoms with Crippen LogP contribution in [0.3, 0.4) is 0 Å². The van der Waals surface area contributed by atoms with Crippen molar-refractivity contribution in [3.63, 3.8) is 0 Å². The Balaban J connectivity index is 2.35. The molecule has 1 aromatic carbocycles. The molecular formula is C13H15BrN2O5. The van der Waals surface area contributed by atoms with Crippen LogP contribution in [0, 0.1) is 23.0 Å². The van der Waals surface area contributed by atoms with Crippen molar-refractivity contribution in [1.82, 2.24) is 0 Å². The van der Waals surface area contributed by atoms with Gasteiger partial charge in [-0.2, -0.15) is 0 Å². The molecule has 1 aliphatic heterocycles. The van der Waals surface area contributed by atoms with Crippen LogP contribution in [0.15, 0.2) is 16.6 Å². The molecule has 8 heteroatoms. The minimum absolute atomic E-state index is 0.0245. The molecule has 0 bridgehead atoms. The lowest BCUT2D eigenvalue weighted by molar-refractivity contribution is -0.385.